The molecule has 0 atom stereocenters. The minimum Gasteiger partial charge on any atom is -0.507 e. The third-order valence-corrected chi connectivity index (χ3v) is 3.22. The predicted molar refractivity (Wildman–Crippen MR) is 103 cm³/mol. The van der Waals surface area contributed by atoms with Gasteiger partial charge >= 0.3 is 0 Å². The van der Waals surface area contributed by atoms with Crippen molar-refractivity contribution in [3.63, 3.8) is 0 Å². The summed E-state index contributed by atoms with van der Waals surface area (Å²) in [5.41, 5.74) is 1.71. The van der Waals surface area contributed by atoms with Gasteiger partial charge in [0.2, 0.25) is 0 Å². The molecule has 0 aliphatic rings. The first-order chi connectivity index (χ1) is 12.6. The monoisotopic (exact) mass is 351 g/mol. The second-order valence-electron chi connectivity index (χ2n) is 5.21. The quantitative estimate of drug-likeness (QED) is 0.574. The summed E-state index contributed by atoms with van der Waals surface area (Å²) in [4.78, 5) is 16.4. The molecule has 0 radical (unpaired) electrons. The third kappa shape index (κ3) is 5.61. The minimum atomic E-state index is -0.381. The molecule has 6 heteroatoms. The number of aliphatic hydroxyl groups excluding tert-OH is 1. The van der Waals surface area contributed by atoms with Crippen LogP contribution in [0.2, 0.25) is 0 Å². The average molecular weight is 351 g/mol. The number of aliphatic hydroxyl groups is 1. The van der Waals surface area contributed by atoms with Crippen molar-refractivity contribution >= 4 is 23.1 Å². The van der Waals surface area contributed by atoms with Crippen molar-refractivity contribution < 1.29 is 15.0 Å². The zero-order chi connectivity index (χ0) is 18.8. The number of pyridine rings is 1. The summed E-state index contributed by atoms with van der Waals surface area (Å²) in [6.45, 7) is 1.93. The fraction of sp³-hybridized carbons (Fsp3) is 0.100. The van der Waals surface area contributed by atoms with Crippen LogP contribution in [0.3, 0.4) is 0 Å². The number of hydrogen-bond donors (Lipinski definition) is 4. The van der Waals surface area contributed by atoms with Gasteiger partial charge in [0.1, 0.15) is 11.6 Å². The van der Waals surface area contributed by atoms with Gasteiger partial charge < -0.3 is 20.8 Å². The van der Waals surface area contributed by atoms with E-state index in [1.165, 1.54) is 6.07 Å². The first-order valence-electron chi connectivity index (χ1n) is 8.12. The van der Waals surface area contributed by atoms with E-state index in [0.717, 1.165) is 5.69 Å². The maximum Gasteiger partial charge on any atom is 0.259 e. The van der Waals surface area contributed by atoms with E-state index in [1.54, 1.807) is 43.5 Å². The number of phenolic OH excluding ortho intramolecular Hbond substituents is 1. The SMILES string of the molecule is CCO.O=C(Nc1ccc(Nc2ccccc2)nc1)c1ccccc1O. The van der Waals surface area contributed by atoms with Gasteiger partial charge in [-0.3, -0.25) is 4.79 Å². The van der Waals surface area contributed by atoms with Gasteiger partial charge in [0.05, 0.1) is 17.4 Å². The van der Waals surface area contributed by atoms with Crippen LogP contribution in [0.25, 0.3) is 0 Å². The van der Waals surface area contributed by atoms with Gasteiger partial charge in [0.15, 0.2) is 0 Å². The molecule has 0 bridgehead atoms. The van der Waals surface area contributed by atoms with Crippen molar-refractivity contribution in [3.05, 3.63) is 78.5 Å². The van der Waals surface area contributed by atoms with Crippen LogP contribution in [-0.4, -0.2) is 27.7 Å². The van der Waals surface area contributed by atoms with Crippen molar-refractivity contribution in [2.45, 2.75) is 6.92 Å². The Bertz CT molecular complexity index is 821. The van der Waals surface area contributed by atoms with Gasteiger partial charge in [-0.25, -0.2) is 4.98 Å². The molecule has 1 aromatic heterocycles. The summed E-state index contributed by atoms with van der Waals surface area (Å²) < 4.78 is 0. The molecule has 0 aliphatic carbocycles. The number of carbonyl (C=O) groups excluding carboxylic acids is 1. The smallest absolute Gasteiger partial charge is 0.259 e. The summed E-state index contributed by atoms with van der Waals surface area (Å²) in [7, 11) is 0. The van der Waals surface area contributed by atoms with Gasteiger partial charge in [-0.15, -0.1) is 0 Å². The number of nitrogens with one attached hydrogen (secondary N) is 2. The normalized spacial score (nSPS) is 9.62. The lowest BCUT2D eigenvalue weighted by molar-refractivity contribution is 0.102. The number of para-hydroxylation sites is 2. The lowest BCUT2D eigenvalue weighted by atomic mass is 10.2. The molecule has 1 amide bonds. The fourth-order valence-corrected chi connectivity index (χ4v) is 2.08. The zero-order valence-corrected chi connectivity index (χ0v) is 14.4. The fourth-order valence-electron chi connectivity index (χ4n) is 2.08. The maximum atomic E-state index is 12.1. The van der Waals surface area contributed by atoms with Crippen LogP contribution < -0.4 is 10.6 Å². The molecule has 4 N–H and O–H groups in total. The van der Waals surface area contributed by atoms with Crippen LogP contribution in [0, 0.1) is 0 Å². The average Bonchev–Trinajstić information content (AvgIpc) is 2.65. The van der Waals surface area contributed by atoms with Crippen molar-refractivity contribution in [2.24, 2.45) is 0 Å². The number of anilines is 3. The number of phenols is 1. The van der Waals surface area contributed by atoms with Crippen molar-refractivity contribution in [1.29, 1.82) is 0 Å². The van der Waals surface area contributed by atoms with E-state index in [9.17, 15) is 9.90 Å². The molecule has 134 valence electrons. The lowest BCUT2D eigenvalue weighted by Gasteiger charge is -2.08. The number of nitrogens with zero attached hydrogens (tertiary/aromatic N) is 1. The van der Waals surface area contributed by atoms with Crippen molar-refractivity contribution in [2.75, 3.05) is 17.2 Å². The second kappa shape index (κ2) is 9.80. The summed E-state index contributed by atoms with van der Waals surface area (Å²) in [5.74, 6) is 0.241. The number of amides is 1. The van der Waals surface area contributed by atoms with Gasteiger partial charge in [0, 0.05) is 12.3 Å². The van der Waals surface area contributed by atoms with Crippen LogP contribution in [0.4, 0.5) is 17.2 Å². The number of aromatic nitrogens is 1. The molecular weight excluding hydrogens is 330 g/mol. The first kappa shape index (κ1) is 19.0. The van der Waals surface area contributed by atoms with Crippen molar-refractivity contribution in [1.82, 2.24) is 4.98 Å². The molecule has 3 rings (SSSR count). The highest BCUT2D eigenvalue weighted by Gasteiger charge is 2.10. The highest BCUT2D eigenvalue weighted by atomic mass is 16.3. The molecule has 3 aromatic rings. The predicted octanol–water partition coefficient (Wildman–Crippen LogP) is 3.78. The zero-order valence-electron chi connectivity index (χ0n) is 14.4. The van der Waals surface area contributed by atoms with Gasteiger partial charge in [-0.2, -0.15) is 0 Å². The molecule has 1 heterocycles. The van der Waals surface area contributed by atoms with Crippen LogP contribution >= 0.6 is 0 Å². The molecule has 6 nitrogen and oxygen atoms in total. The topological polar surface area (TPSA) is 94.5 Å². The van der Waals surface area contributed by atoms with Crippen molar-refractivity contribution in [3.8, 4) is 5.75 Å². The van der Waals surface area contributed by atoms with E-state index in [2.05, 4.69) is 15.6 Å². The Kier molecular flexibility index (Phi) is 7.15. The number of rotatable bonds is 4. The number of benzene rings is 2. The van der Waals surface area contributed by atoms with Crippen LogP contribution in [0.15, 0.2) is 72.9 Å². The third-order valence-electron chi connectivity index (χ3n) is 3.22. The summed E-state index contributed by atoms with van der Waals surface area (Å²) in [6.07, 6.45) is 1.56. The Morgan fingerprint density at radius 3 is 2.23 bits per heavy atom. The minimum absolute atomic E-state index is 0.0553. The van der Waals surface area contributed by atoms with E-state index in [0.29, 0.717) is 11.5 Å². The molecule has 0 unspecified atom stereocenters. The Labute approximate surface area is 152 Å². The standard InChI is InChI=1S/C18H15N3O2.C2H6O/c22-16-9-5-4-8-15(16)18(23)21-14-10-11-17(19-12-14)20-13-6-2-1-3-7-13;1-2-3/h1-12,22H,(H,19,20)(H,21,23);3H,2H2,1H3. The molecule has 0 fully saturated rings. The number of aromatic hydroxyl groups is 1. The van der Waals surface area contributed by atoms with E-state index >= 15 is 0 Å². The van der Waals surface area contributed by atoms with Gasteiger partial charge in [-0.05, 0) is 43.3 Å². The summed E-state index contributed by atoms with van der Waals surface area (Å²) in [5, 5.41) is 23.1. The van der Waals surface area contributed by atoms with Crippen LogP contribution in [0.5, 0.6) is 5.75 Å². The highest BCUT2D eigenvalue weighted by molar-refractivity contribution is 6.06. The Morgan fingerprint density at radius 1 is 0.962 bits per heavy atom. The van der Waals surface area contributed by atoms with E-state index in [-0.39, 0.29) is 23.8 Å². The summed E-state index contributed by atoms with van der Waals surface area (Å²) in [6, 6.07) is 19.6. The molecule has 0 spiro atoms. The molecular formula is C20H21N3O3. The maximum absolute atomic E-state index is 12.1. The Morgan fingerprint density at radius 2 is 1.62 bits per heavy atom. The first-order valence-corrected chi connectivity index (χ1v) is 8.12. The van der Waals surface area contributed by atoms with E-state index in [1.807, 2.05) is 30.3 Å². The molecule has 0 aliphatic heterocycles. The highest BCUT2D eigenvalue weighted by Crippen LogP contribution is 2.19. The summed E-state index contributed by atoms with van der Waals surface area (Å²) >= 11 is 0. The van der Waals surface area contributed by atoms with Gasteiger partial charge in [0.25, 0.3) is 5.91 Å². The number of carbonyl (C=O) groups is 1. The van der Waals surface area contributed by atoms with Crippen LogP contribution in [0.1, 0.15) is 17.3 Å². The largest absolute Gasteiger partial charge is 0.507 e. The molecule has 2 aromatic carbocycles. The number of hydrogen-bond acceptors (Lipinski definition) is 5. The van der Waals surface area contributed by atoms with E-state index in [4.69, 9.17) is 5.11 Å². The van der Waals surface area contributed by atoms with Gasteiger partial charge in [-0.1, -0.05) is 30.3 Å². The molecule has 26 heavy (non-hydrogen) atoms. The Hall–Kier alpha value is -3.38. The Balaban J connectivity index is 0.000000758. The molecule has 0 saturated heterocycles. The molecule has 0 saturated carbocycles. The van der Waals surface area contributed by atoms with E-state index < -0.39 is 0 Å². The lowest BCUT2D eigenvalue weighted by Crippen LogP contribution is -2.12. The second-order valence-corrected chi connectivity index (χ2v) is 5.21. The van der Waals surface area contributed by atoms with Crippen LogP contribution in [-0.2, 0) is 0 Å².